The summed E-state index contributed by atoms with van der Waals surface area (Å²) < 4.78 is 10.8. The molecular formula is C23H19NO4S. The van der Waals surface area contributed by atoms with Gasteiger partial charge in [0.25, 0.3) is 5.91 Å². The van der Waals surface area contributed by atoms with Crippen LogP contribution in [0, 0.1) is 0 Å². The highest BCUT2D eigenvalue weighted by atomic mass is 32.2. The monoisotopic (exact) mass is 405 g/mol. The van der Waals surface area contributed by atoms with Crippen molar-refractivity contribution in [2.75, 3.05) is 11.5 Å². The van der Waals surface area contributed by atoms with Crippen molar-refractivity contribution in [3.8, 4) is 5.75 Å². The smallest absolute Gasteiger partial charge is 0.347 e. The van der Waals surface area contributed by atoms with E-state index in [1.54, 1.807) is 35.7 Å². The van der Waals surface area contributed by atoms with Crippen LogP contribution in [0.25, 0.3) is 0 Å². The summed E-state index contributed by atoms with van der Waals surface area (Å²) >= 11 is 1.61. The van der Waals surface area contributed by atoms with Crippen molar-refractivity contribution in [3.05, 3.63) is 78.9 Å². The summed E-state index contributed by atoms with van der Waals surface area (Å²) in [6.07, 6.45) is -0.818. The lowest BCUT2D eigenvalue weighted by molar-refractivity contribution is -0.154. The molecule has 5 nitrogen and oxygen atoms in total. The number of carbonyl (C=O) groups excluding carboxylic acids is 2. The summed E-state index contributed by atoms with van der Waals surface area (Å²) in [5, 5.41) is 0. The third-order valence-corrected chi connectivity index (χ3v) is 5.54. The van der Waals surface area contributed by atoms with E-state index < -0.39 is 12.1 Å². The van der Waals surface area contributed by atoms with E-state index in [0.29, 0.717) is 5.75 Å². The van der Waals surface area contributed by atoms with Gasteiger partial charge >= 0.3 is 5.97 Å². The fourth-order valence-electron chi connectivity index (χ4n) is 3.04. The van der Waals surface area contributed by atoms with Gasteiger partial charge in [0.2, 0.25) is 0 Å². The average molecular weight is 405 g/mol. The first-order valence-corrected chi connectivity index (χ1v) is 10.0. The number of rotatable bonds is 5. The van der Waals surface area contributed by atoms with Crippen molar-refractivity contribution in [1.82, 2.24) is 0 Å². The van der Waals surface area contributed by atoms with Gasteiger partial charge in [-0.1, -0.05) is 54.2 Å². The Labute approximate surface area is 173 Å². The van der Waals surface area contributed by atoms with Gasteiger partial charge in [-0.3, -0.25) is 9.69 Å². The van der Waals surface area contributed by atoms with Crippen molar-refractivity contribution >= 4 is 35.0 Å². The standard InChI is InChI=1S/C23H19NO4S/c1-16(28-17-9-3-2-4-10-17)23(26)27-15-22(25)24-18-11-5-7-13-20(18)29-21-14-8-6-12-19(21)24/h2-14,16H,15H2,1H3/t16-/m0/s1. The molecule has 0 N–H and O–H groups in total. The first-order chi connectivity index (χ1) is 14.1. The van der Waals surface area contributed by atoms with E-state index in [1.807, 2.05) is 66.7 Å². The number of nitrogens with zero attached hydrogens (tertiary/aromatic N) is 1. The van der Waals surface area contributed by atoms with Gasteiger partial charge in [0.1, 0.15) is 5.75 Å². The Kier molecular flexibility index (Phi) is 5.53. The largest absolute Gasteiger partial charge is 0.479 e. The molecule has 0 saturated carbocycles. The van der Waals surface area contributed by atoms with E-state index in [2.05, 4.69) is 0 Å². The van der Waals surface area contributed by atoms with Crippen LogP contribution in [0.2, 0.25) is 0 Å². The SMILES string of the molecule is C[C@H](Oc1ccccc1)C(=O)OCC(=O)N1c2ccccc2Sc2ccccc21. The Morgan fingerprint density at radius 1 is 0.862 bits per heavy atom. The first-order valence-electron chi connectivity index (χ1n) is 9.20. The van der Waals surface area contributed by atoms with Crippen LogP contribution in [-0.4, -0.2) is 24.6 Å². The van der Waals surface area contributed by atoms with E-state index in [9.17, 15) is 9.59 Å². The summed E-state index contributed by atoms with van der Waals surface area (Å²) in [5.74, 6) is -0.334. The van der Waals surface area contributed by atoms with Crippen molar-refractivity contribution in [3.63, 3.8) is 0 Å². The second-order valence-electron chi connectivity index (χ2n) is 6.45. The van der Waals surface area contributed by atoms with Crippen molar-refractivity contribution in [1.29, 1.82) is 0 Å². The van der Waals surface area contributed by atoms with Gasteiger partial charge in [-0.15, -0.1) is 0 Å². The van der Waals surface area contributed by atoms with Crippen LogP contribution in [0.5, 0.6) is 5.75 Å². The minimum atomic E-state index is -0.818. The quantitative estimate of drug-likeness (QED) is 0.569. The molecule has 29 heavy (non-hydrogen) atoms. The van der Waals surface area contributed by atoms with E-state index in [0.717, 1.165) is 21.2 Å². The summed E-state index contributed by atoms with van der Waals surface area (Å²) in [6.45, 7) is 1.23. The topological polar surface area (TPSA) is 55.8 Å². The van der Waals surface area contributed by atoms with Gasteiger partial charge in [-0.2, -0.15) is 0 Å². The van der Waals surface area contributed by atoms with Gasteiger partial charge in [0.05, 0.1) is 11.4 Å². The molecule has 0 unspecified atom stereocenters. The summed E-state index contributed by atoms with van der Waals surface area (Å²) in [5.41, 5.74) is 1.57. The molecule has 0 spiro atoms. The molecule has 3 aromatic rings. The zero-order valence-corrected chi connectivity index (χ0v) is 16.6. The zero-order valence-electron chi connectivity index (χ0n) is 15.8. The number of benzene rings is 3. The highest BCUT2D eigenvalue weighted by molar-refractivity contribution is 7.99. The number of fused-ring (bicyclic) bond motifs is 2. The number of esters is 1. The van der Waals surface area contributed by atoms with Crippen LogP contribution >= 0.6 is 11.8 Å². The molecule has 6 heteroatoms. The minimum Gasteiger partial charge on any atom is -0.479 e. The van der Waals surface area contributed by atoms with Crippen LogP contribution in [0.3, 0.4) is 0 Å². The number of ether oxygens (including phenoxy) is 2. The van der Waals surface area contributed by atoms with Crippen LogP contribution in [0.1, 0.15) is 6.92 Å². The van der Waals surface area contributed by atoms with Gasteiger partial charge in [-0.25, -0.2) is 4.79 Å². The number of hydrogen-bond acceptors (Lipinski definition) is 5. The lowest BCUT2D eigenvalue weighted by Crippen LogP contribution is -2.35. The second-order valence-corrected chi connectivity index (χ2v) is 7.53. The molecule has 0 saturated heterocycles. The van der Waals surface area contributed by atoms with Crippen LogP contribution in [0.4, 0.5) is 11.4 Å². The number of carbonyl (C=O) groups is 2. The van der Waals surface area contributed by atoms with E-state index in [-0.39, 0.29) is 12.5 Å². The highest BCUT2D eigenvalue weighted by Crippen LogP contribution is 2.47. The van der Waals surface area contributed by atoms with Gasteiger partial charge in [0, 0.05) is 9.79 Å². The van der Waals surface area contributed by atoms with Gasteiger partial charge in [-0.05, 0) is 43.3 Å². The Bertz CT molecular complexity index is 992. The van der Waals surface area contributed by atoms with E-state index >= 15 is 0 Å². The fourth-order valence-corrected chi connectivity index (χ4v) is 4.10. The lowest BCUT2D eigenvalue weighted by Gasteiger charge is -2.30. The maximum Gasteiger partial charge on any atom is 0.347 e. The van der Waals surface area contributed by atoms with Crippen LogP contribution in [0.15, 0.2) is 88.7 Å². The predicted octanol–water partition coefficient (Wildman–Crippen LogP) is 4.83. The summed E-state index contributed by atoms with van der Waals surface area (Å²) in [7, 11) is 0. The molecule has 1 atom stereocenters. The molecule has 1 aliphatic rings. The number of amides is 1. The molecule has 1 aliphatic heterocycles. The predicted molar refractivity (Wildman–Crippen MR) is 112 cm³/mol. The molecule has 0 radical (unpaired) electrons. The van der Waals surface area contributed by atoms with Crippen LogP contribution < -0.4 is 9.64 Å². The highest BCUT2D eigenvalue weighted by Gasteiger charge is 2.29. The molecular weight excluding hydrogens is 386 g/mol. The van der Waals surface area contributed by atoms with Gasteiger partial charge in [0.15, 0.2) is 12.7 Å². The first kappa shape index (κ1) is 19.1. The summed E-state index contributed by atoms with van der Waals surface area (Å²) in [4.78, 5) is 28.9. The molecule has 0 fully saturated rings. The Hall–Kier alpha value is -3.25. The molecule has 4 rings (SSSR count). The van der Waals surface area contributed by atoms with Crippen molar-refractivity contribution < 1.29 is 19.1 Å². The Morgan fingerprint density at radius 3 is 2.03 bits per heavy atom. The molecule has 0 bridgehead atoms. The molecule has 0 aliphatic carbocycles. The molecule has 0 aromatic heterocycles. The number of anilines is 2. The van der Waals surface area contributed by atoms with E-state index in [1.165, 1.54) is 0 Å². The lowest BCUT2D eigenvalue weighted by atomic mass is 10.2. The number of para-hydroxylation sites is 3. The Balaban J connectivity index is 1.47. The summed E-state index contributed by atoms with van der Waals surface area (Å²) in [6, 6.07) is 24.4. The zero-order chi connectivity index (χ0) is 20.2. The maximum atomic E-state index is 13.0. The molecule has 1 heterocycles. The maximum absolute atomic E-state index is 13.0. The minimum absolute atomic E-state index is 0.314. The average Bonchev–Trinajstić information content (AvgIpc) is 2.76. The Morgan fingerprint density at radius 2 is 1.41 bits per heavy atom. The van der Waals surface area contributed by atoms with Crippen molar-refractivity contribution in [2.45, 2.75) is 22.8 Å². The van der Waals surface area contributed by atoms with E-state index in [4.69, 9.17) is 9.47 Å². The number of hydrogen-bond donors (Lipinski definition) is 0. The van der Waals surface area contributed by atoms with Crippen molar-refractivity contribution in [2.24, 2.45) is 0 Å². The molecule has 146 valence electrons. The van der Waals surface area contributed by atoms with Crippen LogP contribution in [-0.2, 0) is 14.3 Å². The molecule has 3 aromatic carbocycles. The third kappa shape index (κ3) is 4.12. The normalized spacial score (nSPS) is 13.1. The third-order valence-electron chi connectivity index (χ3n) is 4.41. The second kappa shape index (κ2) is 8.41. The van der Waals surface area contributed by atoms with Gasteiger partial charge < -0.3 is 9.47 Å². The molecule has 1 amide bonds. The fraction of sp³-hybridized carbons (Fsp3) is 0.130.